The number of carbonyl (C=O) groups excluding carboxylic acids is 2. The summed E-state index contributed by atoms with van der Waals surface area (Å²) in [4.78, 5) is 36.8. The number of nitro benzene ring substituents is 1. The normalized spacial score (nSPS) is 20.5. The molecule has 2 aliphatic rings. The topological polar surface area (TPSA) is 122 Å². The van der Waals surface area contributed by atoms with Gasteiger partial charge in [-0.25, -0.2) is 4.79 Å². The maximum Gasteiger partial charge on any atom is 0.340 e. The lowest BCUT2D eigenvalue weighted by Gasteiger charge is -2.35. The van der Waals surface area contributed by atoms with Gasteiger partial charge in [0, 0.05) is 35.6 Å². The maximum atomic E-state index is 13.4. The molecule has 0 saturated carbocycles. The lowest BCUT2D eigenvalue weighted by molar-refractivity contribution is -0.384. The van der Waals surface area contributed by atoms with Crippen LogP contribution >= 0.6 is 11.6 Å². The molecule has 0 bridgehead atoms. The van der Waals surface area contributed by atoms with Gasteiger partial charge in [-0.15, -0.1) is 0 Å². The zero-order valence-corrected chi connectivity index (χ0v) is 17.8. The highest BCUT2D eigenvalue weighted by Crippen LogP contribution is 2.48. The Morgan fingerprint density at radius 3 is 2.59 bits per heavy atom. The van der Waals surface area contributed by atoms with Crippen molar-refractivity contribution >= 4 is 29.0 Å². The largest absolute Gasteiger partial charge is 0.465 e. The van der Waals surface area contributed by atoms with E-state index in [1.165, 1.54) is 25.3 Å². The fourth-order valence-corrected chi connectivity index (χ4v) is 4.48. The number of esters is 1. The van der Waals surface area contributed by atoms with Crippen molar-refractivity contribution in [2.75, 3.05) is 7.11 Å². The van der Waals surface area contributed by atoms with Crippen LogP contribution in [0.3, 0.4) is 0 Å². The number of rotatable bonds is 4. The molecule has 0 amide bonds. The molecule has 0 aromatic heterocycles. The molecule has 2 atom stereocenters. The Morgan fingerprint density at radius 1 is 1.22 bits per heavy atom. The third-order valence-corrected chi connectivity index (χ3v) is 6.06. The predicted octanol–water partition coefficient (Wildman–Crippen LogP) is 4.11. The van der Waals surface area contributed by atoms with E-state index in [2.05, 4.69) is 0 Å². The minimum absolute atomic E-state index is 0.111. The molecule has 32 heavy (non-hydrogen) atoms. The quantitative estimate of drug-likeness (QED) is 0.419. The first kappa shape index (κ1) is 21.6. The third kappa shape index (κ3) is 3.73. The van der Waals surface area contributed by atoms with Crippen LogP contribution in [0.15, 0.2) is 71.3 Å². The van der Waals surface area contributed by atoms with Crippen molar-refractivity contribution in [2.24, 2.45) is 5.73 Å². The van der Waals surface area contributed by atoms with Crippen molar-refractivity contribution in [3.05, 3.63) is 97.6 Å². The van der Waals surface area contributed by atoms with Gasteiger partial charge in [0.1, 0.15) is 11.3 Å². The summed E-state index contributed by atoms with van der Waals surface area (Å²) < 4.78 is 10.6. The number of allylic oxidation sites excluding steroid dienone is 2. The Morgan fingerprint density at radius 2 is 1.94 bits per heavy atom. The zero-order valence-electron chi connectivity index (χ0n) is 17.0. The minimum atomic E-state index is -1.04. The molecule has 0 saturated heterocycles. The Bertz CT molecular complexity index is 1190. The molecule has 8 nitrogen and oxygen atoms in total. The summed E-state index contributed by atoms with van der Waals surface area (Å²) in [7, 11) is 1.17. The fraction of sp³-hybridized carbons (Fsp3) is 0.217. The number of halogens is 1. The monoisotopic (exact) mass is 454 g/mol. The van der Waals surface area contributed by atoms with Gasteiger partial charge < -0.3 is 15.2 Å². The highest BCUT2D eigenvalue weighted by molar-refractivity contribution is 6.31. The van der Waals surface area contributed by atoms with E-state index in [0.717, 1.165) is 5.56 Å². The van der Waals surface area contributed by atoms with Gasteiger partial charge in [0.2, 0.25) is 5.88 Å². The second-order valence-electron chi connectivity index (χ2n) is 7.54. The highest BCUT2D eigenvalue weighted by atomic mass is 35.5. The average Bonchev–Trinajstić information content (AvgIpc) is 2.78. The lowest BCUT2D eigenvalue weighted by atomic mass is 9.73. The van der Waals surface area contributed by atoms with Gasteiger partial charge in [0.15, 0.2) is 5.78 Å². The van der Waals surface area contributed by atoms with E-state index in [4.69, 9.17) is 26.8 Å². The third-order valence-electron chi connectivity index (χ3n) is 5.72. The molecular weight excluding hydrogens is 436 g/mol. The molecule has 2 N–H and O–H groups in total. The number of non-ortho nitro benzene ring substituents is 1. The van der Waals surface area contributed by atoms with E-state index in [-0.39, 0.29) is 51.4 Å². The first-order valence-corrected chi connectivity index (χ1v) is 10.2. The van der Waals surface area contributed by atoms with E-state index >= 15 is 0 Å². The first-order chi connectivity index (χ1) is 15.3. The smallest absolute Gasteiger partial charge is 0.340 e. The van der Waals surface area contributed by atoms with Crippen LogP contribution in [0.25, 0.3) is 0 Å². The zero-order chi connectivity index (χ0) is 23.0. The molecule has 164 valence electrons. The Labute approximate surface area is 188 Å². The number of carbonyl (C=O) groups is 2. The highest BCUT2D eigenvalue weighted by Gasteiger charge is 2.44. The van der Waals surface area contributed by atoms with E-state index in [0.29, 0.717) is 12.2 Å². The van der Waals surface area contributed by atoms with E-state index in [1.54, 1.807) is 0 Å². The van der Waals surface area contributed by atoms with Gasteiger partial charge >= 0.3 is 5.97 Å². The van der Waals surface area contributed by atoms with E-state index in [1.807, 2.05) is 30.3 Å². The van der Waals surface area contributed by atoms with Gasteiger partial charge in [0.05, 0.1) is 18.0 Å². The van der Waals surface area contributed by atoms with Gasteiger partial charge in [0.25, 0.3) is 5.69 Å². The predicted molar refractivity (Wildman–Crippen MR) is 116 cm³/mol. The molecule has 9 heteroatoms. The molecule has 4 rings (SSSR count). The van der Waals surface area contributed by atoms with Crippen LogP contribution in [0, 0.1) is 10.1 Å². The van der Waals surface area contributed by atoms with Gasteiger partial charge in [-0.1, -0.05) is 41.9 Å². The van der Waals surface area contributed by atoms with E-state index in [9.17, 15) is 19.7 Å². The first-order valence-electron chi connectivity index (χ1n) is 9.82. The molecule has 0 unspecified atom stereocenters. The Balaban J connectivity index is 1.88. The summed E-state index contributed by atoms with van der Waals surface area (Å²) in [5.41, 5.74) is 7.17. The molecule has 1 heterocycles. The van der Waals surface area contributed by atoms with Crippen molar-refractivity contribution in [3.8, 4) is 0 Å². The van der Waals surface area contributed by atoms with Crippen LogP contribution in [-0.4, -0.2) is 23.8 Å². The number of ether oxygens (including phenoxy) is 2. The van der Waals surface area contributed by atoms with Gasteiger partial charge in [-0.05, 0) is 23.1 Å². The average molecular weight is 455 g/mol. The summed E-state index contributed by atoms with van der Waals surface area (Å²) in [6.45, 7) is 0. The molecule has 0 fully saturated rings. The summed E-state index contributed by atoms with van der Waals surface area (Å²) in [6, 6.07) is 13.4. The van der Waals surface area contributed by atoms with Crippen molar-refractivity contribution in [3.63, 3.8) is 0 Å². The molecule has 1 aliphatic carbocycles. The number of Topliss-reactive ketones (excluding diaryl/α,β-unsaturated/α-hetero) is 1. The number of ketones is 1. The van der Waals surface area contributed by atoms with Crippen molar-refractivity contribution in [2.45, 2.75) is 24.7 Å². The Kier molecular flexibility index (Phi) is 5.71. The number of nitrogens with zero attached hydrogens (tertiary/aromatic N) is 1. The van der Waals surface area contributed by atoms with Crippen molar-refractivity contribution in [1.82, 2.24) is 0 Å². The van der Waals surface area contributed by atoms with Crippen LogP contribution in [0.5, 0.6) is 0 Å². The van der Waals surface area contributed by atoms with E-state index < -0.39 is 16.8 Å². The summed E-state index contributed by atoms with van der Waals surface area (Å²) >= 11 is 6.39. The lowest BCUT2D eigenvalue weighted by Crippen LogP contribution is -2.33. The molecule has 0 spiro atoms. The number of hydrogen-bond donors (Lipinski definition) is 1. The summed E-state index contributed by atoms with van der Waals surface area (Å²) in [5, 5.41) is 11.5. The van der Waals surface area contributed by atoms with Crippen molar-refractivity contribution < 1.29 is 24.0 Å². The molecule has 1 aliphatic heterocycles. The van der Waals surface area contributed by atoms with Crippen molar-refractivity contribution in [1.29, 1.82) is 0 Å². The van der Waals surface area contributed by atoms with Gasteiger partial charge in [-0.2, -0.15) is 0 Å². The standard InChI is InChI=1S/C23H19ClN2O6/c1-31-23(28)21-19(15-11-14(26(29)30)7-8-16(15)24)20-17(27)9-13(10-18(20)32-22(21)25)12-5-3-2-4-6-12/h2-8,11,13,19H,9-10,25H2,1H3/t13-,19-/m1/s1. The molecule has 0 radical (unpaired) electrons. The minimum Gasteiger partial charge on any atom is -0.465 e. The molecule has 2 aromatic rings. The van der Waals surface area contributed by atoms with Gasteiger partial charge in [-0.3, -0.25) is 14.9 Å². The SMILES string of the molecule is COC(=O)C1=C(N)OC2=C(C(=O)C[C@@H](c3ccccc3)C2)[C@H]1c1cc([N+](=O)[O-])ccc1Cl. The summed E-state index contributed by atoms with van der Waals surface area (Å²) in [5.74, 6) is -2.11. The number of hydrogen-bond acceptors (Lipinski definition) is 7. The fourth-order valence-electron chi connectivity index (χ4n) is 4.25. The number of nitro groups is 1. The summed E-state index contributed by atoms with van der Waals surface area (Å²) in [6.07, 6.45) is 0.562. The molecular formula is C23H19ClN2O6. The van der Waals surface area contributed by atoms with Crippen LogP contribution in [0.1, 0.15) is 35.8 Å². The van der Waals surface area contributed by atoms with Crippen LogP contribution in [-0.2, 0) is 19.1 Å². The number of benzene rings is 2. The van der Waals surface area contributed by atoms with Crippen LogP contribution in [0.2, 0.25) is 5.02 Å². The Hall–Kier alpha value is -3.65. The number of nitrogens with two attached hydrogens (primary N) is 1. The maximum absolute atomic E-state index is 13.4. The second kappa shape index (κ2) is 8.47. The van der Waals surface area contributed by atoms with Crippen LogP contribution < -0.4 is 5.73 Å². The second-order valence-corrected chi connectivity index (χ2v) is 7.95. The van der Waals surface area contributed by atoms with Crippen LogP contribution in [0.4, 0.5) is 5.69 Å². The molecule has 2 aromatic carbocycles. The number of methoxy groups -OCH3 is 1.